The number of rotatable bonds is 4. The van der Waals surface area contributed by atoms with Gasteiger partial charge >= 0.3 is 0 Å². The molecular formula is C15H24N4O3. The molecule has 0 aromatic carbocycles. The molecule has 0 spiro atoms. The van der Waals surface area contributed by atoms with Crippen LogP contribution in [0.15, 0.2) is 4.52 Å². The first-order chi connectivity index (χ1) is 10.6. The van der Waals surface area contributed by atoms with E-state index < -0.39 is 6.10 Å². The van der Waals surface area contributed by atoms with Gasteiger partial charge in [-0.1, -0.05) is 5.16 Å². The molecule has 3 heterocycles. The van der Waals surface area contributed by atoms with Gasteiger partial charge in [-0.25, -0.2) is 0 Å². The van der Waals surface area contributed by atoms with Gasteiger partial charge < -0.3 is 14.5 Å². The van der Waals surface area contributed by atoms with Crippen LogP contribution in [0.25, 0.3) is 0 Å². The summed E-state index contributed by atoms with van der Waals surface area (Å²) in [5.74, 6) is 1.35. The van der Waals surface area contributed by atoms with Crippen molar-refractivity contribution in [3.8, 4) is 0 Å². The van der Waals surface area contributed by atoms with E-state index in [1.165, 1.54) is 6.42 Å². The predicted molar refractivity (Wildman–Crippen MR) is 79.0 cm³/mol. The summed E-state index contributed by atoms with van der Waals surface area (Å²) >= 11 is 0. The van der Waals surface area contributed by atoms with E-state index in [0.29, 0.717) is 37.6 Å². The van der Waals surface area contributed by atoms with Crippen molar-refractivity contribution in [3.05, 3.63) is 11.7 Å². The zero-order valence-corrected chi connectivity index (χ0v) is 13.1. The second-order valence-electron chi connectivity index (χ2n) is 6.27. The van der Waals surface area contributed by atoms with Gasteiger partial charge in [-0.3, -0.25) is 9.69 Å². The summed E-state index contributed by atoms with van der Waals surface area (Å²) in [5.41, 5.74) is 0. The Bertz CT molecular complexity index is 513. The van der Waals surface area contributed by atoms with Crippen LogP contribution >= 0.6 is 0 Å². The number of amides is 1. The molecule has 7 heteroatoms. The van der Waals surface area contributed by atoms with Crippen molar-refractivity contribution in [1.29, 1.82) is 0 Å². The Hall–Kier alpha value is -1.47. The molecule has 2 saturated heterocycles. The molecule has 0 bridgehead atoms. The van der Waals surface area contributed by atoms with E-state index in [9.17, 15) is 9.90 Å². The maximum atomic E-state index is 12.3. The Balaban J connectivity index is 1.57. The Morgan fingerprint density at radius 3 is 2.82 bits per heavy atom. The molecule has 0 unspecified atom stereocenters. The monoisotopic (exact) mass is 308 g/mol. The minimum atomic E-state index is -0.401. The van der Waals surface area contributed by atoms with E-state index in [0.717, 1.165) is 25.9 Å². The summed E-state index contributed by atoms with van der Waals surface area (Å²) in [7, 11) is 0. The van der Waals surface area contributed by atoms with Gasteiger partial charge in [0.25, 0.3) is 0 Å². The van der Waals surface area contributed by atoms with E-state index in [4.69, 9.17) is 4.52 Å². The molecule has 0 aliphatic carbocycles. The molecule has 1 aromatic heterocycles. The van der Waals surface area contributed by atoms with Gasteiger partial charge in [0.2, 0.25) is 11.8 Å². The van der Waals surface area contributed by atoms with Gasteiger partial charge in [-0.2, -0.15) is 4.98 Å². The van der Waals surface area contributed by atoms with Crippen molar-refractivity contribution in [1.82, 2.24) is 19.9 Å². The molecule has 2 aliphatic heterocycles. The molecule has 1 amide bonds. The first-order valence-corrected chi connectivity index (χ1v) is 8.13. The van der Waals surface area contributed by atoms with E-state index in [1.807, 2.05) is 4.90 Å². The molecule has 22 heavy (non-hydrogen) atoms. The third kappa shape index (κ3) is 3.47. The van der Waals surface area contributed by atoms with Crippen LogP contribution in [0.5, 0.6) is 0 Å². The number of likely N-dealkylation sites (tertiary alicyclic amines) is 2. The van der Waals surface area contributed by atoms with Crippen molar-refractivity contribution in [3.63, 3.8) is 0 Å². The van der Waals surface area contributed by atoms with Crippen LogP contribution in [-0.2, 0) is 4.79 Å². The summed E-state index contributed by atoms with van der Waals surface area (Å²) in [6, 6.07) is -0.0784. The van der Waals surface area contributed by atoms with Crippen molar-refractivity contribution >= 4 is 5.91 Å². The molecule has 1 N–H and O–H groups in total. The molecule has 7 nitrogen and oxygen atoms in total. The maximum absolute atomic E-state index is 12.3. The lowest BCUT2D eigenvalue weighted by molar-refractivity contribution is -0.132. The number of aliphatic hydroxyl groups excluding tert-OH is 1. The number of carbonyl (C=O) groups excluding carboxylic acids is 1. The smallest absolute Gasteiger partial charge is 0.244 e. The zero-order chi connectivity index (χ0) is 15.5. The quantitative estimate of drug-likeness (QED) is 0.889. The van der Waals surface area contributed by atoms with Crippen molar-refractivity contribution < 1.29 is 14.4 Å². The van der Waals surface area contributed by atoms with Gasteiger partial charge in [-0.05, 0) is 32.6 Å². The van der Waals surface area contributed by atoms with E-state index >= 15 is 0 Å². The molecule has 2 fully saturated rings. The average Bonchev–Trinajstić information content (AvgIpc) is 3.11. The lowest BCUT2D eigenvalue weighted by atomic mass is 10.1. The highest BCUT2D eigenvalue weighted by atomic mass is 16.5. The minimum Gasteiger partial charge on any atom is -0.392 e. The molecule has 122 valence electrons. The Morgan fingerprint density at radius 1 is 1.36 bits per heavy atom. The van der Waals surface area contributed by atoms with Crippen molar-refractivity contribution in [2.45, 2.75) is 51.2 Å². The van der Waals surface area contributed by atoms with Crippen LogP contribution in [0.4, 0.5) is 0 Å². The first-order valence-electron chi connectivity index (χ1n) is 8.13. The average molecular weight is 308 g/mol. The molecule has 2 aliphatic rings. The second kappa shape index (κ2) is 6.75. The van der Waals surface area contributed by atoms with Crippen molar-refractivity contribution in [2.24, 2.45) is 0 Å². The van der Waals surface area contributed by atoms with Crippen LogP contribution < -0.4 is 0 Å². The standard InChI is InChI=1S/C15H24N4O3/c1-11-16-15(22-17-11)13-9-12(20)10-19(13)8-5-14(21)18-6-3-2-4-7-18/h12-13,20H,2-10H2,1H3/t12-,13-/m1/s1. The number of aryl methyl sites for hydroxylation is 1. The number of hydrogen-bond donors (Lipinski definition) is 1. The molecule has 0 radical (unpaired) electrons. The molecule has 0 saturated carbocycles. The number of nitrogens with zero attached hydrogens (tertiary/aromatic N) is 4. The third-order valence-electron chi connectivity index (χ3n) is 4.53. The van der Waals surface area contributed by atoms with Crippen LogP contribution in [0.1, 0.15) is 49.9 Å². The van der Waals surface area contributed by atoms with Crippen molar-refractivity contribution in [2.75, 3.05) is 26.2 Å². The zero-order valence-electron chi connectivity index (χ0n) is 13.1. The number of aromatic nitrogens is 2. The molecule has 2 atom stereocenters. The number of β-amino-alcohol motifs (C(OH)–C–C–N with tert-alkyl or cyclic N) is 1. The van der Waals surface area contributed by atoms with Gasteiger partial charge in [0.1, 0.15) is 0 Å². The second-order valence-corrected chi connectivity index (χ2v) is 6.27. The highest BCUT2D eigenvalue weighted by molar-refractivity contribution is 5.76. The number of piperidine rings is 1. The number of carbonyl (C=O) groups is 1. The summed E-state index contributed by atoms with van der Waals surface area (Å²) < 4.78 is 5.24. The minimum absolute atomic E-state index is 0.0784. The Morgan fingerprint density at radius 2 is 2.14 bits per heavy atom. The lowest BCUT2D eigenvalue weighted by Gasteiger charge is -2.28. The lowest BCUT2D eigenvalue weighted by Crippen LogP contribution is -2.38. The molecule has 1 aromatic rings. The van der Waals surface area contributed by atoms with E-state index in [2.05, 4.69) is 15.0 Å². The van der Waals surface area contributed by atoms with E-state index in [-0.39, 0.29) is 11.9 Å². The van der Waals surface area contributed by atoms with Gasteiger partial charge in [0, 0.05) is 32.6 Å². The Kier molecular flexibility index (Phi) is 4.73. The fraction of sp³-hybridized carbons (Fsp3) is 0.800. The third-order valence-corrected chi connectivity index (χ3v) is 4.53. The summed E-state index contributed by atoms with van der Waals surface area (Å²) in [4.78, 5) is 20.6. The van der Waals surface area contributed by atoms with Crippen LogP contribution in [0.3, 0.4) is 0 Å². The topological polar surface area (TPSA) is 82.7 Å². The molecule has 3 rings (SSSR count). The van der Waals surface area contributed by atoms with Crippen LogP contribution in [0.2, 0.25) is 0 Å². The largest absolute Gasteiger partial charge is 0.392 e. The first kappa shape index (κ1) is 15.4. The number of aliphatic hydroxyl groups is 1. The summed E-state index contributed by atoms with van der Waals surface area (Å²) in [6.07, 6.45) is 4.11. The molecular weight excluding hydrogens is 284 g/mol. The van der Waals surface area contributed by atoms with Crippen LogP contribution in [0, 0.1) is 6.92 Å². The summed E-state index contributed by atoms with van der Waals surface area (Å²) in [5, 5.41) is 13.7. The van der Waals surface area contributed by atoms with Gasteiger partial charge in [0.15, 0.2) is 5.82 Å². The highest BCUT2D eigenvalue weighted by Gasteiger charge is 2.35. The highest BCUT2D eigenvalue weighted by Crippen LogP contribution is 2.31. The maximum Gasteiger partial charge on any atom is 0.244 e. The predicted octanol–water partition coefficient (Wildman–Crippen LogP) is 0.888. The van der Waals surface area contributed by atoms with Gasteiger partial charge in [0.05, 0.1) is 12.1 Å². The Labute approximate surface area is 130 Å². The van der Waals surface area contributed by atoms with Gasteiger partial charge in [-0.15, -0.1) is 0 Å². The number of hydrogen-bond acceptors (Lipinski definition) is 6. The van der Waals surface area contributed by atoms with Crippen LogP contribution in [-0.4, -0.2) is 63.2 Å². The van der Waals surface area contributed by atoms with E-state index in [1.54, 1.807) is 6.92 Å². The SMILES string of the molecule is Cc1noc([C@H]2C[C@@H](O)CN2CCC(=O)N2CCCCC2)n1. The fourth-order valence-electron chi connectivity index (χ4n) is 3.37. The normalized spacial score (nSPS) is 26.5. The fourth-order valence-corrected chi connectivity index (χ4v) is 3.37. The summed E-state index contributed by atoms with van der Waals surface area (Å²) in [6.45, 7) is 4.72.